The van der Waals surface area contributed by atoms with E-state index in [2.05, 4.69) is 10.3 Å². The minimum Gasteiger partial charge on any atom is -0.502 e. The average molecular weight is 295 g/mol. The molecule has 114 valence electrons. The van der Waals surface area contributed by atoms with Gasteiger partial charge in [-0.05, 0) is 13.8 Å². The maximum Gasteiger partial charge on any atom is 0.226 e. The van der Waals surface area contributed by atoms with Crippen LogP contribution in [0.25, 0.3) is 0 Å². The van der Waals surface area contributed by atoms with E-state index in [9.17, 15) is 4.79 Å². The summed E-state index contributed by atoms with van der Waals surface area (Å²) in [5.41, 5.74) is 0.0397. The summed E-state index contributed by atoms with van der Waals surface area (Å²) in [5.74, 6) is -0.0654. The van der Waals surface area contributed by atoms with E-state index in [4.69, 9.17) is 19.0 Å². The van der Waals surface area contributed by atoms with E-state index in [1.807, 2.05) is 13.8 Å². The molecule has 0 atom stereocenters. The molecular weight excluding hydrogens is 278 g/mol. The zero-order valence-corrected chi connectivity index (χ0v) is 11.9. The standard InChI is InChI=1S/C13H17N3O5/c1-3-19-13(20-4-2)10-7-16(15-14-10)6-9-5-11(17)12(18)8-21-9/h5,7-8,13,18H,3-4,6H2,1-2H3. The van der Waals surface area contributed by atoms with Crippen molar-refractivity contribution in [3.8, 4) is 5.75 Å². The van der Waals surface area contributed by atoms with Crippen molar-refractivity contribution < 1.29 is 19.0 Å². The molecule has 0 spiro atoms. The van der Waals surface area contributed by atoms with Crippen molar-refractivity contribution in [2.24, 2.45) is 0 Å². The lowest BCUT2D eigenvalue weighted by molar-refractivity contribution is -0.142. The number of aromatic nitrogens is 3. The lowest BCUT2D eigenvalue weighted by Crippen LogP contribution is -2.09. The first-order valence-electron chi connectivity index (χ1n) is 6.58. The Labute approximate surface area is 120 Å². The van der Waals surface area contributed by atoms with Crippen molar-refractivity contribution in [2.75, 3.05) is 13.2 Å². The van der Waals surface area contributed by atoms with E-state index in [-0.39, 0.29) is 6.54 Å². The molecule has 2 aromatic rings. The predicted molar refractivity (Wildman–Crippen MR) is 71.8 cm³/mol. The topological polar surface area (TPSA) is 99.6 Å². The molecule has 0 aromatic carbocycles. The van der Waals surface area contributed by atoms with Crippen LogP contribution in [0.4, 0.5) is 0 Å². The summed E-state index contributed by atoms with van der Waals surface area (Å²) in [6.45, 7) is 4.92. The van der Waals surface area contributed by atoms with Crippen LogP contribution in [0.3, 0.4) is 0 Å². The molecule has 0 unspecified atom stereocenters. The molecule has 1 N–H and O–H groups in total. The normalized spacial score (nSPS) is 11.2. The van der Waals surface area contributed by atoms with Crippen molar-refractivity contribution in [1.29, 1.82) is 0 Å². The van der Waals surface area contributed by atoms with E-state index >= 15 is 0 Å². The molecule has 0 saturated carbocycles. The number of hydrogen-bond donors (Lipinski definition) is 1. The second-order valence-corrected chi connectivity index (χ2v) is 4.18. The zero-order valence-electron chi connectivity index (χ0n) is 11.9. The van der Waals surface area contributed by atoms with Gasteiger partial charge in [0.2, 0.25) is 11.7 Å². The maximum atomic E-state index is 11.3. The molecule has 2 rings (SSSR count). The van der Waals surface area contributed by atoms with Crippen molar-refractivity contribution >= 4 is 0 Å². The molecule has 2 aromatic heterocycles. The lowest BCUT2D eigenvalue weighted by atomic mass is 10.3. The highest BCUT2D eigenvalue weighted by Gasteiger charge is 2.16. The van der Waals surface area contributed by atoms with Gasteiger partial charge in [0.1, 0.15) is 24.3 Å². The molecular formula is C13H17N3O5. The predicted octanol–water partition coefficient (Wildman–Crippen LogP) is 1.06. The molecule has 8 heteroatoms. The Hall–Kier alpha value is -2.19. The smallest absolute Gasteiger partial charge is 0.226 e. The Morgan fingerprint density at radius 1 is 1.38 bits per heavy atom. The van der Waals surface area contributed by atoms with Gasteiger partial charge in [-0.2, -0.15) is 0 Å². The van der Waals surface area contributed by atoms with E-state index in [1.165, 1.54) is 10.7 Å². The maximum absolute atomic E-state index is 11.3. The summed E-state index contributed by atoms with van der Waals surface area (Å²) in [6.07, 6.45) is 2.09. The van der Waals surface area contributed by atoms with Crippen LogP contribution in [0.2, 0.25) is 0 Å². The second kappa shape index (κ2) is 7.00. The highest BCUT2D eigenvalue weighted by Crippen LogP contribution is 2.16. The van der Waals surface area contributed by atoms with Gasteiger partial charge < -0.3 is 19.0 Å². The number of rotatable bonds is 7. The first-order chi connectivity index (χ1) is 10.1. The van der Waals surface area contributed by atoms with Gasteiger partial charge in [-0.3, -0.25) is 4.79 Å². The average Bonchev–Trinajstić information content (AvgIpc) is 2.91. The van der Waals surface area contributed by atoms with Crippen molar-refractivity contribution in [3.05, 3.63) is 40.2 Å². The first kappa shape index (κ1) is 15.2. The summed E-state index contributed by atoms with van der Waals surface area (Å²) in [7, 11) is 0. The molecule has 0 bridgehead atoms. The van der Waals surface area contributed by atoms with Crippen molar-refractivity contribution in [1.82, 2.24) is 15.0 Å². The minimum absolute atomic E-state index is 0.216. The van der Waals surface area contributed by atoms with Crippen LogP contribution in [-0.2, 0) is 16.0 Å². The van der Waals surface area contributed by atoms with Crippen molar-refractivity contribution in [2.45, 2.75) is 26.7 Å². The van der Waals surface area contributed by atoms with E-state index in [1.54, 1.807) is 6.20 Å². The van der Waals surface area contributed by atoms with Crippen LogP contribution in [0.15, 0.2) is 27.7 Å². The van der Waals surface area contributed by atoms with Crippen LogP contribution >= 0.6 is 0 Å². The highest BCUT2D eigenvalue weighted by molar-refractivity contribution is 5.15. The number of aromatic hydroxyl groups is 1. The highest BCUT2D eigenvalue weighted by atomic mass is 16.7. The fraction of sp³-hybridized carbons (Fsp3) is 0.462. The largest absolute Gasteiger partial charge is 0.502 e. The number of nitrogens with zero attached hydrogens (tertiary/aromatic N) is 3. The summed E-state index contributed by atoms with van der Waals surface area (Å²) in [5, 5.41) is 17.0. The third-order valence-electron chi connectivity index (χ3n) is 2.62. The van der Waals surface area contributed by atoms with Gasteiger partial charge in [-0.1, -0.05) is 5.21 Å². The Balaban J connectivity index is 2.11. The second-order valence-electron chi connectivity index (χ2n) is 4.18. The quantitative estimate of drug-likeness (QED) is 0.762. The Morgan fingerprint density at radius 3 is 2.71 bits per heavy atom. The van der Waals surface area contributed by atoms with Gasteiger partial charge >= 0.3 is 0 Å². The van der Waals surface area contributed by atoms with Crippen LogP contribution in [0.5, 0.6) is 5.75 Å². The van der Waals surface area contributed by atoms with Gasteiger partial charge in [0.15, 0.2) is 5.75 Å². The lowest BCUT2D eigenvalue weighted by Gasteiger charge is -2.13. The summed E-state index contributed by atoms with van der Waals surface area (Å²) in [4.78, 5) is 11.3. The summed E-state index contributed by atoms with van der Waals surface area (Å²) >= 11 is 0. The van der Waals surface area contributed by atoms with Crippen LogP contribution in [0.1, 0.15) is 31.6 Å². The Bertz CT molecular complexity index is 631. The first-order valence-corrected chi connectivity index (χ1v) is 6.58. The monoisotopic (exact) mass is 295 g/mol. The molecule has 0 aliphatic rings. The molecule has 8 nitrogen and oxygen atoms in total. The third kappa shape index (κ3) is 3.89. The molecule has 0 saturated heterocycles. The Morgan fingerprint density at radius 2 is 2.10 bits per heavy atom. The summed E-state index contributed by atoms with van der Waals surface area (Å²) in [6, 6.07) is 1.21. The SMILES string of the molecule is CCOC(OCC)c1cn(Cc2cc(=O)c(O)co2)nn1. The van der Waals surface area contributed by atoms with Crippen LogP contribution < -0.4 is 5.43 Å². The molecule has 0 amide bonds. The van der Waals surface area contributed by atoms with E-state index in [0.717, 1.165) is 6.26 Å². The number of ether oxygens (including phenoxy) is 2. The molecule has 0 radical (unpaired) electrons. The van der Waals surface area contributed by atoms with Gasteiger partial charge in [0.05, 0.1) is 6.20 Å². The van der Waals surface area contributed by atoms with E-state index < -0.39 is 17.5 Å². The third-order valence-corrected chi connectivity index (χ3v) is 2.62. The minimum atomic E-state index is -0.569. The fourth-order valence-corrected chi connectivity index (χ4v) is 1.71. The van der Waals surface area contributed by atoms with Gasteiger partial charge in [0.25, 0.3) is 0 Å². The number of hydrogen-bond acceptors (Lipinski definition) is 7. The molecule has 0 aliphatic carbocycles. The molecule has 2 heterocycles. The molecule has 21 heavy (non-hydrogen) atoms. The molecule has 0 fully saturated rings. The van der Waals surface area contributed by atoms with E-state index in [0.29, 0.717) is 24.7 Å². The van der Waals surface area contributed by atoms with Crippen molar-refractivity contribution in [3.63, 3.8) is 0 Å². The van der Waals surface area contributed by atoms with Gasteiger partial charge in [-0.25, -0.2) is 4.68 Å². The molecule has 0 aliphatic heterocycles. The zero-order chi connectivity index (χ0) is 15.2. The van der Waals surface area contributed by atoms with Crippen LogP contribution in [-0.4, -0.2) is 33.3 Å². The van der Waals surface area contributed by atoms with Crippen LogP contribution in [0, 0.1) is 0 Å². The van der Waals surface area contributed by atoms with Gasteiger partial charge in [0, 0.05) is 19.3 Å². The van der Waals surface area contributed by atoms with Gasteiger partial charge in [-0.15, -0.1) is 5.10 Å². The summed E-state index contributed by atoms with van der Waals surface area (Å²) < 4.78 is 17.4. The Kier molecular flexibility index (Phi) is 5.07. The fourth-order valence-electron chi connectivity index (χ4n) is 1.71.